The molecule has 2 aliphatic rings. The molecule has 1 aliphatic heterocycles. The zero-order valence-electron chi connectivity index (χ0n) is 18.5. The Bertz CT molecular complexity index is 965. The number of hydrogen-bond donors (Lipinski definition) is 2. The monoisotopic (exact) mass is 471 g/mol. The molecule has 32 heavy (non-hydrogen) atoms. The standard InChI is InChI=1S/C25H29F4NO.ClH/c1-22(2,31)18-7-4-16(5-8-18)15-24-12-13-30-21(24)11-6-17-14-19(9-10-20(17)24)23(3,26)25(27,28)29;/h4-5,7-10,14,21,30-31H,6,11-13,15H2,1-3H3;1H. The average molecular weight is 472 g/mol. The highest BCUT2D eigenvalue weighted by molar-refractivity contribution is 5.85. The number of rotatable bonds is 4. The molecule has 0 spiro atoms. The van der Waals surface area contributed by atoms with E-state index in [0.29, 0.717) is 13.3 Å². The molecular weight excluding hydrogens is 442 g/mol. The SMILES string of the molecule is CC(C)(O)c1ccc(CC23CCNC2CCc2cc(C(C)(F)C(F)(F)F)ccc23)cc1.Cl. The summed E-state index contributed by atoms with van der Waals surface area (Å²) in [7, 11) is 0. The largest absolute Gasteiger partial charge is 0.426 e. The number of alkyl halides is 4. The number of aliphatic hydroxyl groups is 1. The van der Waals surface area contributed by atoms with Gasteiger partial charge >= 0.3 is 6.18 Å². The molecule has 0 aromatic heterocycles. The lowest BCUT2D eigenvalue weighted by Crippen LogP contribution is -2.46. The van der Waals surface area contributed by atoms with Gasteiger partial charge in [0.15, 0.2) is 0 Å². The van der Waals surface area contributed by atoms with E-state index in [0.717, 1.165) is 48.1 Å². The number of benzene rings is 2. The van der Waals surface area contributed by atoms with E-state index in [4.69, 9.17) is 0 Å². The van der Waals surface area contributed by atoms with Crippen molar-refractivity contribution in [3.63, 3.8) is 0 Å². The smallest absolute Gasteiger partial charge is 0.386 e. The first-order valence-electron chi connectivity index (χ1n) is 10.8. The van der Waals surface area contributed by atoms with Gasteiger partial charge in [-0.15, -0.1) is 12.4 Å². The molecule has 176 valence electrons. The zero-order valence-corrected chi connectivity index (χ0v) is 19.3. The Labute approximate surface area is 192 Å². The molecule has 2 nitrogen and oxygen atoms in total. The van der Waals surface area contributed by atoms with E-state index < -0.39 is 17.4 Å². The predicted molar refractivity (Wildman–Crippen MR) is 120 cm³/mol. The summed E-state index contributed by atoms with van der Waals surface area (Å²) in [5, 5.41) is 13.8. The lowest BCUT2D eigenvalue weighted by Gasteiger charge is -2.42. The van der Waals surface area contributed by atoms with Crippen molar-refractivity contribution in [2.75, 3.05) is 6.54 Å². The number of hydrogen-bond acceptors (Lipinski definition) is 2. The van der Waals surface area contributed by atoms with Crippen LogP contribution in [0.25, 0.3) is 0 Å². The van der Waals surface area contributed by atoms with E-state index in [9.17, 15) is 22.7 Å². The van der Waals surface area contributed by atoms with Crippen LogP contribution in [-0.2, 0) is 29.5 Å². The summed E-state index contributed by atoms with van der Waals surface area (Å²) in [5.41, 5.74) is -1.05. The second kappa shape index (κ2) is 8.30. The van der Waals surface area contributed by atoms with E-state index >= 15 is 0 Å². The fourth-order valence-corrected chi connectivity index (χ4v) is 5.28. The summed E-state index contributed by atoms with van der Waals surface area (Å²) in [5.74, 6) is 0. The molecule has 2 N–H and O–H groups in total. The maximum Gasteiger partial charge on any atom is 0.426 e. The molecule has 1 aliphatic carbocycles. The van der Waals surface area contributed by atoms with E-state index in [1.165, 1.54) is 12.1 Å². The van der Waals surface area contributed by atoms with Gasteiger partial charge in [-0.2, -0.15) is 13.2 Å². The molecule has 1 heterocycles. The second-order valence-corrected chi connectivity index (χ2v) is 9.76. The van der Waals surface area contributed by atoms with Gasteiger partial charge in [-0.3, -0.25) is 0 Å². The normalized spacial score (nSPS) is 24.8. The van der Waals surface area contributed by atoms with Gasteiger partial charge in [0.25, 0.3) is 0 Å². The van der Waals surface area contributed by atoms with E-state index in [2.05, 4.69) is 5.32 Å². The average Bonchev–Trinajstić information content (AvgIpc) is 3.10. The quantitative estimate of drug-likeness (QED) is 0.546. The highest BCUT2D eigenvalue weighted by Gasteiger charge is 2.54. The van der Waals surface area contributed by atoms with Crippen LogP contribution in [-0.4, -0.2) is 23.9 Å². The van der Waals surface area contributed by atoms with Crippen LogP contribution in [0, 0.1) is 0 Å². The molecule has 0 bridgehead atoms. The van der Waals surface area contributed by atoms with E-state index in [-0.39, 0.29) is 29.4 Å². The summed E-state index contributed by atoms with van der Waals surface area (Å²) in [6.07, 6.45) is -1.88. The van der Waals surface area contributed by atoms with Crippen molar-refractivity contribution in [3.05, 3.63) is 70.3 Å². The number of nitrogens with one attached hydrogen (secondary N) is 1. The first-order valence-corrected chi connectivity index (χ1v) is 10.8. The van der Waals surface area contributed by atoms with Gasteiger partial charge in [0.1, 0.15) is 0 Å². The Hall–Kier alpha value is -1.63. The van der Waals surface area contributed by atoms with Crippen LogP contribution in [0.15, 0.2) is 42.5 Å². The minimum atomic E-state index is -4.95. The van der Waals surface area contributed by atoms with Crippen molar-refractivity contribution < 1.29 is 22.7 Å². The first kappa shape index (κ1) is 25.0. The summed E-state index contributed by atoms with van der Waals surface area (Å²) in [6, 6.07) is 12.6. The molecule has 1 saturated heterocycles. The van der Waals surface area contributed by atoms with Crippen molar-refractivity contribution in [1.29, 1.82) is 0 Å². The van der Waals surface area contributed by atoms with Gasteiger partial charge in [0.2, 0.25) is 5.67 Å². The Kier molecular flexibility index (Phi) is 6.48. The lowest BCUT2D eigenvalue weighted by atomic mass is 9.63. The van der Waals surface area contributed by atoms with Crippen LogP contribution in [0.4, 0.5) is 17.6 Å². The van der Waals surface area contributed by atoms with E-state index in [1.807, 2.05) is 24.3 Å². The summed E-state index contributed by atoms with van der Waals surface area (Å²) < 4.78 is 54.3. The maximum absolute atomic E-state index is 14.6. The van der Waals surface area contributed by atoms with Crippen molar-refractivity contribution in [1.82, 2.24) is 5.32 Å². The molecule has 2 aromatic rings. The summed E-state index contributed by atoms with van der Waals surface area (Å²) in [6.45, 7) is 4.92. The van der Waals surface area contributed by atoms with Gasteiger partial charge in [-0.1, -0.05) is 42.5 Å². The highest BCUT2D eigenvalue weighted by Crippen LogP contribution is 2.48. The Balaban J connectivity index is 0.00000289. The summed E-state index contributed by atoms with van der Waals surface area (Å²) >= 11 is 0. The Morgan fingerprint density at radius 2 is 1.62 bits per heavy atom. The number of fused-ring (bicyclic) bond motifs is 3. The van der Waals surface area contributed by atoms with Crippen LogP contribution >= 0.6 is 12.4 Å². The molecular formula is C25H30ClF4NO. The minimum Gasteiger partial charge on any atom is -0.386 e. The minimum absolute atomic E-state index is 0. The lowest BCUT2D eigenvalue weighted by molar-refractivity contribution is -0.228. The van der Waals surface area contributed by atoms with Crippen molar-refractivity contribution in [2.24, 2.45) is 0 Å². The van der Waals surface area contributed by atoms with Crippen LogP contribution in [0.2, 0.25) is 0 Å². The molecule has 7 heteroatoms. The van der Waals surface area contributed by atoms with Gasteiger partial charge in [-0.05, 0) is 80.8 Å². The molecule has 0 saturated carbocycles. The molecule has 3 unspecified atom stereocenters. The highest BCUT2D eigenvalue weighted by atomic mass is 35.5. The topological polar surface area (TPSA) is 32.3 Å². The molecule has 4 rings (SSSR count). The van der Waals surface area contributed by atoms with Crippen LogP contribution in [0.1, 0.15) is 61.4 Å². The summed E-state index contributed by atoms with van der Waals surface area (Å²) in [4.78, 5) is 0. The zero-order chi connectivity index (χ0) is 22.7. The van der Waals surface area contributed by atoms with Crippen molar-refractivity contribution in [3.8, 4) is 0 Å². The van der Waals surface area contributed by atoms with Crippen LogP contribution in [0.5, 0.6) is 0 Å². The number of halogens is 5. The maximum atomic E-state index is 14.6. The van der Waals surface area contributed by atoms with Gasteiger partial charge in [-0.25, -0.2) is 4.39 Å². The van der Waals surface area contributed by atoms with Crippen molar-refractivity contribution in [2.45, 2.75) is 75.4 Å². The van der Waals surface area contributed by atoms with Gasteiger partial charge in [0.05, 0.1) is 5.60 Å². The third-order valence-corrected chi connectivity index (χ3v) is 7.23. The van der Waals surface area contributed by atoms with Gasteiger partial charge < -0.3 is 10.4 Å². The van der Waals surface area contributed by atoms with Gasteiger partial charge in [0, 0.05) is 11.5 Å². The fourth-order valence-electron chi connectivity index (χ4n) is 5.28. The molecule has 0 radical (unpaired) electrons. The first-order chi connectivity index (χ1) is 14.3. The molecule has 2 aromatic carbocycles. The third kappa shape index (κ3) is 4.17. The molecule has 1 fully saturated rings. The van der Waals surface area contributed by atoms with Crippen molar-refractivity contribution >= 4 is 12.4 Å². The number of aryl methyl sites for hydroxylation is 1. The molecule has 0 amide bonds. The third-order valence-electron chi connectivity index (χ3n) is 7.23. The predicted octanol–water partition coefficient (Wildman–Crippen LogP) is 5.87. The second-order valence-electron chi connectivity index (χ2n) is 9.76. The van der Waals surface area contributed by atoms with E-state index in [1.54, 1.807) is 19.9 Å². The fraction of sp³-hybridized carbons (Fsp3) is 0.520. The van der Waals surface area contributed by atoms with Crippen LogP contribution in [0.3, 0.4) is 0 Å². The molecule has 3 atom stereocenters. The van der Waals surface area contributed by atoms with Crippen LogP contribution < -0.4 is 5.32 Å². The Morgan fingerprint density at radius 1 is 1.00 bits per heavy atom. The Morgan fingerprint density at radius 3 is 2.22 bits per heavy atom.